The number of aliphatic hydroxyl groups excluding tert-OH is 1. The minimum Gasteiger partial charge on any atom is -0.405 e. The second-order valence-electron chi connectivity index (χ2n) is 15.3. The maximum absolute atomic E-state index is 13.0. The van der Waals surface area contributed by atoms with E-state index in [1.165, 1.54) is 25.5 Å². The zero-order valence-electron chi connectivity index (χ0n) is 35.1. The third kappa shape index (κ3) is 14.2. The number of nitrogens with zero attached hydrogens (tertiary/aromatic N) is 9. The summed E-state index contributed by atoms with van der Waals surface area (Å²) >= 11 is 24.0. The predicted octanol–water partition coefficient (Wildman–Crippen LogP) is 6.05. The molecule has 2 atom stereocenters. The number of carbonyl (C=O) groups excluding carboxylic acids is 3. The minimum atomic E-state index is -1.11. The van der Waals surface area contributed by atoms with Crippen LogP contribution in [0.2, 0.25) is 20.1 Å². The molecule has 1 unspecified atom stereocenters. The quantitative estimate of drug-likeness (QED) is 0.125. The van der Waals surface area contributed by atoms with Crippen molar-refractivity contribution in [3.63, 3.8) is 0 Å². The summed E-state index contributed by atoms with van der Waals surface area (Å²) in [5.74, 6) is -0.238. The fourth-order valence-electron chi connectivity index (χ4n) is 6.20. The maximum atomic E-state index is 13.0. The van der Waals surface area contributed by atoms with Gasteiger partial charge in [-0.1, -0.05) is 63.6 Å². The van der Waals surface area contributed by atoms with Gasteiger partial charge in [-0.2, -0.15) is 0 Å². The molecule has 7 rings (SSSR count). The molecule has 3 amide bonds. The molecule has 336 valence electrons. The number of nitrogen functional groups attached to an aromatic ring is 1. The molecular weight excluding hydrogens is 896 g/mol. The zero-order valence-corrected chi connectivity index (χ0v) is 38.2. The van der Waals surface area contributed by atoms with Crippen LogP contribution in [-0.4, -0.2) is 131 Å². The summed E-state index contributed by atoms with van der Waals surface area (Å²) in [7, 11) is 0. The lowest BCUT2D eigenvalue weighted by Crippen LogP contribution is -2.51. The highest BCUT2D eigenvalue weighted by atomic mass is 35.5. The van der Waals surface area contributed by atoms with Gasteiger partial charge in [-0.25, -0.2) is 19.9 Å². The van der Waals surface area contributed by atoms with Crippen molar-refractivity contribution in [1.29, 1.82) is 0 Å². The van der Waals surface area contributed by atoms with E-state index in [0.717, 1.165) is 30.8 Å². The van der Waals surface area contributed by atoms with Gasteiger partial charge in [0.25, 0.3) is 11.8 Å². The van der Waals surface area contributed by atoms with Gasteiger partial charge >= 0.3 is 6.01 Å². The number of rotatable bonds is 10. The number of benzene rings is 2. The summed E-state index contributed by atoms with van der Waals surface area (Å²) in [6.07, 6.45) is 5.03. The fraction of sp³-hybridized carbons (Fsp3) is 0.405. The van der Waals surface area contributed by atoms with E-state index in [2.05, 4.69) is 40.3 Å². The van der Waals surface area contributed by atoms with E-state index in [4.69, 9.17) is 56.6 Å². The molecule has 2 aliphatic heterocycles. The lowest BCUT2D eigenvalue weighted by Gasteiger charge is -2.35. The van der Waals surface area contributed by atoms with E-state index in [0.29, 0.717) is 69.8 Å². The number of hydrogen-bond donors (Lipinski definition) is 4. The van der Waals surface area contributed by atoms with Crippen LogP contribution in [0, 0.1) is 0 Å². The average molecular weight is 946 g/mol. The highest BCUT2D eigenvalue weighted by Crippen LogP contribution is 2.29. The van der Waals surface area contributed by atoms with Gasteiger partial charge in [0.1, 0.15) is 29.6 Å². The summed E-state index contributed by atoms with van der Waals surface area (Å²) in [5, 5.41) is 30.0. The number of hydrogen-bond acceptors (Lipinski definition) is 14. The van der Waals surface area contributed by atoms with E-state index in [1.807, 2.05) is 4.90 Å². The Kier molecular flexibility index (Phi) is 17.6. The number of piperazine rings is 1. The number of carbonyl (C=O) groups is 3. The number of likely N-dealkylation sites (tertiary alicyclic amines) is 1. The van der Waals surface area contributed by atoms with Crippen molar-refractivity contribution >= 4 is 70.1 Å². The van der Waals surface area contributed by atoms with E-state index < -0.39 is 11.7 Å². The third-order valence-electron chi connectivity index (χ3n) is 10.0. The van der Waals surface area contributed by atoms with Crippen LogP contribution in [0.25, 0.3) is 22.5 Å². The van der Waals surface area contributed by atoms with Gasteiger partial charge in [0, 0.05) is 50.3 Å². The number of anilines is 1. The van der Waals surface area contributed by atoms with Crippen LogP contribution in [0.15, 0.2) is 65.6 Å². The summed E-state index contributed by atoms with van der Waals surface area (Å²) in [6, 6.07) is 13.1. The molecule has 21 heteroatoms. The molecule has 5 N–H and O–H groups in total. The number of nitrogens with two attached hydrogens (primary N) is 1. The van der Waals surface area contributed by atoms with Gasteiger partial charge in [0.15, 0.2) is 0 Å². The summed E-state index contributed by atoms with van der Waals surface area (Å²) in [6.45, 7) is 11.5. The molecule has 3 aromatic heterocycles. The first-order valence-electron chi connectivity index (χ1n) is 20.0. The SMILES string of the molecule is CC(C)(O)c1nnc(N)o1.CC(O)[C@@H](C)NC(=O)c1cc(-c2ccc(Cl)c(Cl)c2)ncn1.O=C(CCN1CCCC1)N1CCN(C(=O)c2cc(-c3ccc(Cl)c(Cl)c3)ncn2)CC1. The van der Waals surface area contributed by atoms with E-state index >= 15 is 0 Å². The van der Waals surface area contributed by atoms with Gasteiger partial charge in [-0.05, 0) is 90.0 Å². The highest BCUT2D eigenvalue weighted by molar-refractivity contribution is 6.42. The maximum Gasteiger partial charge on any atom is 0.312 e. The average Bonchev–Trinajstić information content (AvgIpc) is 3.97. The van der Waals surface area contributed by atoms with Crippen molar-refractivity contribution in [2.75, 3.05) is 51.5 Å². The van der Waals surface area contributed by atoms with Crippen molar-refractivity contribution in [3.8, 4) is 22.5 Å². The Morgan fingerprint density at radius 2 is 1.29 bits per heavy atom. The van der Waals surface area contributed by atoms with E-state index in [9.17, 15) is 24.6 Å². The monoisotopic (exact) mass is 943 g/mol. The van der Waals surface area contributed by atoms with Crippen LogP contribution in [0.3, 0.4) is 0 Å². The molecule has 0 aliphatic carbocycles. The third-order valence-corrected chi connectivity index (χ3v) is 11.5. The second kappa shape index (κ2) is 22.6. The van der Waals surface area contributed by atoms with Crippen molar-refractivity contribution in [3.05, 3.63) is 98.6 Å². The standard InChI is InChI=1S/C22H25Cl2N5O2.C15H15Cl2N3O2.C5H9N3O2/c23-17-4-3-16(13-18(17)24)19-14-20(26-15-25-19)22(31)29-11-9-28(10-12-29)21(30)5-8-27-6-1-2-7-27;1-8(9(2)21)20-15(22)14-6-13(18-7-19-14)10-3-4-11(16)12(17)5-10;1-5(2,9)3-7-8-4(6)10-3/h3-4,13-15H,1-2,5-12H2;3-9,21H,1-2H3,(H,20,22);9H,1-2H3,(H2,6,8)/t;8-,9?;/m.1./s1. The minimum absolute atomic E-state index is 0.0304. The van der Waals surface area contributed by atoms with Gasteiger partial charge < -0.3 is 40.4 Å². The van der Waals surface area contributed by atoms with Gasteiger partial charge in [0.05, 0.1) is 43.6 Å². The number of aromatic nitrogens is 6. The van der Waals surface area contributed by atoms with Crippen molar-refractivity contribution in [1.82, 2.24) is 50.1 Å². The lowest BCUT2D eigenvalue weighted by molar-refractivity contribution is -0.133. The zero-order chi connectivity index (χ0) is 45.8. The molecule has 0 radical (unpaired) electrons. The molecule has 5 aromatic rings. The number of aliphatic hydroxyl groups is 2. The first-order valence-corrected chi connectivity index (χ1v) is 21.6. The Morgan fingerprint density at radius 3 is 1.76 bits per heavy atom. The summed E-state index contributed by atoms with van der Waals surface area (Å²) in [5.41, 5.74) is 7.21. The smallest absolute Gasteiger partial charge is 0.312 e. The van der Waals surface area contributed by atoms with Crippen LogP contribution in [0.1, 0.15) is 73.8 Å². The van der Waals surface area contributed by atoms with Crippen molar-refractivity contribution in [2.45, 2.75) is 64.7 Å². The molecule has 17 nitrogen and oxygen atoms in total. The van der Waals surface area contributed by atoms with Gasteiger partial charge in [-0.15, -0.1) is 5.10 Å². The number of amides is 3. The lowest BCUT2D eigenvalue weighted by atomic mass is 10.1. The second-order valence-corrected chi connectivity index (χ2v) is 16.9. The first kappa shape index (κ1) is 49.0. The molecule has 2 fully saturated rings. The van der Waals surface area contributed by atoms with Crippen LogP contribution >= 0.6 is 46.4 Å². The van der Waals surface area contributed by atoms with Crippen LogP contribution in [0.5, 0.6) is 0 Å². The predicted molar refractivity (Wildman–Crippen MR) is 240 cm³/mol. The first-order chi connectivity index (χ1) is 29.9. The Balaban J connectivity index is 0.000000202. The Bertz CT molecular complexity index is 2350. The van der Waals surface area contributed by atoms with E-state index in [-0.39, 0.29) is 41.4 Å². The normalized spacial score (nSPS) is 15.1. The molecule has 0 bridgehead atoms. The van der Waals surface area contributed by atoms with Crippen molar-refractivity contribution < 1.29 is 29.0 Å². The molecule has 2 aromatic carbocycles. The largest absolute Gasteiger partial charge is 0.405 e. The number of nitrogens with one attached hydrogen (secondary N) is 1. The van der Waals surface area contributed by atoms with Crippen molar-refractivity contribution in [2.24, 2.45) is 0 Å². The van der Waals surface area contributed by atoms with Crippen LogP contribution in [-0.2, 0) is 10.4 Å². The molecular formula is C42H49Cl4N11O6. The molecule has 2 aliphatic rings. The van der Waals surface area contributed by atoms with E-state index in [1.54, 1.807) is 81.1 Å². The molecule has 0 spiro atoms. The Labute approximate surface area is 384 Å². The summed E-state index contributed by atoms with van der Waals surface area (Å²) in [4.78, 5) is 60.0. The Morgan fingerprint density at radius 1 is 0.762 bits per heavy atom. The van der Waals surface area contributed by atoms with Gasteiger partial charge in [0.2, 0.25) is 11.8 Å². The topological polar surface area (TPSA) is 230 Å². The fourth-order valence-corrected chi connectivity index (χ4v) is 6.80. The summed E-state index contributed by atoms with van der Waals surface area (Å²) < 4.78 is 4.75. The number of halogens is 4. The molecule has 5 heterocycles. The van der Waals surface area contributed by atoms with Gasteiger partial charge in [-0.3, -0.25) is 14.4 Å². The van der Waals surface area contributed by atoms with Crippen LogP contribution in [0.4, 0.5) is 6.01 Å². The molecule has 0 saturated carbocycles. The Hall–Kier alpha value is -5.01. The molecule has 63 heavy (non-hydrogen) atoms. The molecule has 2 saturated heterocycles. The van der Waals surface area contributed by atoms with Crippen LogP contribution < -0.4 is 11.1 Å². The highest BCUT2D eigenvalue weighted by Gasteiger charge is 2.27.